The summed E-state index contributed by atoms with van der Waals surface area (Å²) in [7, 11) is 0. The summed E-state index contributed by atoms with van der Waals surface area (Å²) in [5.74, 6) is -1.30. The molecular formula is C7H6F5N3O. The molecule has 0 amide bonds. The van der Waals surface area contributed by atoms with Crippen molar-refractivity contribution in [3.8, 4) is 5.88 Å². The summed E-state index contributed by atoms with van der Waals surface area (Å²) in [5.41, 5.74) is 8.06. The monoisotopic (exact) mass is 243 g/mol. The summed E-state index contributed by atoms with van der Waals surface area (Å²) in [6.07, 6.45) is -7.69. The number of anilines is 2. The maximum Gasteiger partial charge on any atom is 0.574 e. The summed E-state index contributed by atoms with van der Waals surface area (Å²) >= 11 is 0. The van der Waals surface area contributed by atoms with Crippen molar-refractivity contribution in [3.63, 3.8) is 0 Å². The molecule has 0 fully saturated rings. The molecule has 0 aromatic carbocycles. The molecule has 0 aliphatic heterocycles. The molecule has 1 aromatic heterocycles. The van der Waals surface area contributed by atoms with E-state index in [1.807, 2.05) is 0 Å². The topological polar surface area (TPSA) is 74.2 Å². The van der Waals surface area contributed by atoms with Gasteiger partial charge >= 0.3 is 6.36 Å². The highest BCUT2D eigenvalue weighted by atomic mass is 19.4. The van der Waals surface area contributed by atoms with Gasteiger partial charge in [0.2, 0.25) is 5.88 Å². The standard InChI is InChI=1S/C7H6F5N3O/c8-5(9)3-4(14)2(13)1-15-6(3)16-7(10,11)12/h1,5H,13H2,(H2,14,15). The van der Waals surface area contributed by atoms with Crippen LogP contribution in [0.4, 0.5) is 33.3 Å². The van der Waals surface area contributed by atoms with Crippen molar-refractivity contribution in [2.45, 2.75) is 12.8 Å². The number of hydrogen-bond donors (Lipinski definition) is 2. The lowest BCUT2D eigenvalue weighted by Crippen LogP contribution is -2.20. The number of alkyl halides is 5. The van der Waals surface area contributed by atoms with E-state index in [4.69, 9.17) is 11.5 Å². The molecule has 4 nitrogen and oxygen atoms in total. The van der Waals surface area contributed by atoms with E-state index in [0.717, 1.165) is 0 Å². The van der Waals surface area contributed by atoms with E-state index in [-0.39, 0.29) is 5.69 Å². The third kappa shape index (κ3) is 2.61. The second kappa shape index (κ2) is 3.99. The van der Waals surface area contributed by atoms with Gasteiger partial charge in [0.15, 0.2) is 0 Å². The number of rotatable bonds is 2. The van der Waals surface area contributed by atoms with E-state index < -0.39 is 29.9 Å². The molecule has 0 bridgehead atoms. The number of hydrogen-bond acceptors (Lipinski definition) is 4. The van der Waals surface area contributed by atoms with Gasteiger partial charge in [-0.05, 0) is 0 Å². The SMILES string of the molecule is Nc1cnc(OC(F)(F)F)c(C(F)F)c1N. The summed E-state index contributed by atoms with van der Waals surface area (Å²) < 4.78 is 63.7. The highest BCUT2D eigenvalue weighted by Gasteiger charge is 2.35. The second-order valence-corrected chi connectivity index (χ2v) is 2.69. The van der Waals surface area contributed by atoms with Gasteiger partial charge in [0, 0.05) is 0 Å². The van der Waals surface area contributed by atoms with Gasteiger partial charge in [-0.3, -0.25) is 0 Å². The van der Waals surface area contributed by atoms with Crippen LogP contribution >= 0.6 is 0 Å². The predicted octanol–water partition coefficient (Wildman–Crippen LogP) is 2.08. The van der Waals surface area contributed by atoms with Crippen LogP contribution in [0, 0.1) is 0 Å². The van der Waals surface area contributed by atoms with Crippen LogP contribution in [0.5, 0.6) is 5.88 Å². The average Bonchev–Trinajstić information content (AvgIpc) is 2.08. The number of halogens is 5. The Bertz CT molecular complexity index is 392. The third-order valence-corrected chi connectivity index (χ3v) is 1.58. The maximum absolute atomic E-state index is 12.4. The van der Waals surface area contributed by atoms with Gasteiger partial charge in [-0.25, -0.2) is 13.8 Å². The van der Waals surface area contributed by atoms with Gasteiger partial charge in [0.25, 0.3) is 6.43 Å². The van der Waals surface area contributed by atoms with Crippen LogP contribution < -0.4 is 16.2 Å². The summed E-state index contributed by atoms with van der Waals surface area (Å²) in [4.78, 5) is 3.02. The molecule has 9 heteroatoms. The van der Waals surface area contributed by atoms with E-state index in [9.17, 15) is 22.0 Å². The highest BCUT2D eigenvalue weighted by molar-refractivity contribution is 5.68. The minimum atomic E-state index is -5.13. The van der Waals surface area contributed by atoms with Crippen molar-refractivity contribution >= 4 is 11.4 Å². The Morgan fingerprint density at radius 3 is 2.25 bits per heavy atom. The Hall–Kier alpha value is -1.80. The molecule has 0 saturated carbocycles. The molecular weight excluding hydrogens is 237 g/mol. The fourth-order valence-electron chi connectivity index (χ4n) is 0.940. The third-order valence-electron chi connectivity index (χ3n) is 1.58. The van der Waals surface area contributed by atoms with Crippen molar-refractivity contribution in [2.24, 2.45) is 0 Å². The Balaban J connectivity index is 3.24. The smallest absolute Gasteiger partial charge is 0.396 e. The zero-order chi connectivity index (χ0) is 12.5. The Kier molecular flexibility index (Phi) is 3.06. The van der Waals surface area contributed by atoms with Crippen molar-refractivity contribution in [1.82, 2.24) is 4.98 Å². The number of nitrogens with zero attached hydrogens (tertiary/aromatic N) is 1. The van der Waals surface area contributed by atoms with Gasteiger partial charge in [-0.2, -0.15) is 0 Å². The first-order chi connectivity index (χ1) is 7.22. The van der Waals surface area contributed by atoms with Gasteiger partial charge in [-0.15, -0.1) is 13.2 Å². The van der Waals surface area contributed by atoms with Gasteiger partial charge in [0.1, 0.15) is 5.56 Å². The maximum atomic E-state index is 12.4. The minimum absolute atomic E-state index is 0.343. The first kappa shape index (κ1) is 12.3. The molecule has 0 unspecified atom stereocenters. The van der Waals surface area contributed by atoms with Gasteiger partial charge in [-0.1, -0.05) is 0 Å². The average molecular weight is 243 g/mol. The molecule has 0 atom stereocenters. The van der Waals surface area contributed by atoms with Crippen LogP contribution in [-0.4, -0.2) is 11.3 Å². The normalized spacial score (nSPS) is 11.9. The van der Waals surface area contributed by atoms with Crippen LogP contribution in [0.15, 0.2) is 6.20 Å². The molecule has 1 heterocycles. The first-order valence-corrected chi connectivity index (χ1v) is 3.80. The van der Waals surface area contributed by atoms with Crippen LogP contribution in [0.3, 0.4) is 0 Å². The minimum Gasteiger partial charge on any atom is -0.396 e. The number of ether oxygens (including phenoxy) is 1. The van der Waals surface area contributed by atoms with Crippen LogP contribution in [0.25, 0.3) is 0 Å². The molecule has 4 N–H and O–H groups in total. The van der Waals surface area contributed by atoms with Crippen LogP contribution in [0.2, 0.25) is 0 Å². The van der Waals surface area contributed by atoms with Crippen LogP contribution in [0.1, 0.15) is 12.0 Å². The molecule has 0 radical (unpaired) electrons. The van der Waals surface area contributed by atoms with E-state index in [1.54, 1.807) is 0 Å². The second-order valence-electron chi connectivity index (χ2n) is 2.69. The number of pyridine rings is 1. The van der Waals surface area contributed by atoms with E-state index in [2.05, 4.69) is 9.72 Å². The van der Waals surface area contributed by atoms with E-state index in [0.29, 0.717) is 6.20 Å². The number of nitrogens with two attached hydrogens (primary N) is 2. The quantitative estimate of drug-likeness (QED) is 0.780. The Labute approximate surface area is 86.0 Å². The first-order valence-electron chi connectivity index (χ1n) is 3.80. The van der Waals surface area contributed by atoms with Crippen molar-refractivity contribution in [3.05, 3.63) is 11.8 Å². The Morgan fingerprint density at radius 2 is 1.81 bits per heavy atom. The fraction of sp³-hybridized carbons (Fsp3) is 0.286. The van der Waals surface area contributed by atoms with Gasteiger partial charge in [0.05, 0.1) is 17.6 Å². The van der Waals surface area contributed by atoms with Crippen molar-refractivity contribution in [1.29, 1.82) is 0 Å². The summed E-state index contributed by atoms with van der Waals surface area (Å²) in [6.45, 7) is 0. The molecule has 0 aliphatic rings. The molecule has 90 valence electrons. The predicted molar refractivity (Wildman–Crippen MR) is 44.7 cm³/mol. The highest BCUT2D eigenvalue weighted by Crippen LogP contribution is 2.37. The summed E-state index contributed by atoms with van der Waals surface area (Å²) in [5, 5.41) is 0. The molecule has 0 aliphatic carbocycles. The largest absolute Gasteiger partial charge is 0.574 e. The van der Waals surface area contributed by atoms with Gasteiger partial charge < -0.3 is 16.2 Å². The molecule has 0 saturated heterocycles. The zero-order valence-corrected chi connectivity index (χ0v) is 7.55. The van der Waals surface area contributed by atoms with E-state index in [1.165, 1.54) is 0 Å². The lowest BCUT2D eigenvalue weighted by atomic mass is 10.2. The van der Waals surface area contributed by atoms with Crippen molar-refractivity contribution in [2.75, 3.05) is 11.5 Å². The van der Waals surface area contributed by atoms with Crippen molar-refractivity contribution < 1.29 is 26.7 Å². The van der Waals surface area contributed by atoms with Crippen LogP contribution in [-0.2, 0) is 0 Å². The number of nitrogen functional groups attached to an aromatic ring is 2. The number of aromatic nitrogens is 1. The Morgan fingerprint density at radius 1 is 1.25 bits per heavy atom. The summed E-state index contributed by atoms with van der Waals surface area (Å²) in [6, 6.07) is 0. The zero-order valence-electron chi connectivity index (χ0n) is 7.55. The molecule has 16 heavy (non-hydrogen) atoms. The molecule has 1 rings (SSSR count). The lowest BCUT2D eigenvalue weighted by molar-refractivity contribution is -0.276. The molecule has 0 spiro atoms. The van der Waals surface area contributed by atoms with E-state index >= 15 is 0 Å². The lowest BCUT2D eigenvalue weighted by Gasteiger charge is -2.14. The fourth-order valence-corrected chi connectivity index (χ4v) is 0.940. The molecule has 1 aromatic rings.